The van der Waals surface area contributed by atoms with E-state index in [0.29, 0.717) is 32.4 Å². The van der Waals surface area contributed by atoms with Crippen molar-refractivity contribution in [1.29, 1.82) is 0 Å². The van der Waals surface area contributed by atoms with E-state index in [1.165, 1.54) is 0 Å². The summed E-state index contributed by atoms with van der Waals surface area (Å²) in [6.45, 7) is 1.06. The van der Waals surface area contributed by atoms with Crippen LogP contribution in [0.25, 0.3) is 5.69 Å². The number of carbonyl (C=O) groups excluding carboxylic acids is 1. The number of nitrogens with zero attached hydrogens (tertiary/aromatic N) is 3. The lowest BCUT2D eigenvalue weighted by atomic mass is 9.79. The van der Waals surface area contributed by atoms with E-state index in [1.54, 1.807) is 11.1 Å². The van der Waals surface area contributed by atoms with Crippen LogP contribution in [-0.4, -0.2) is 45.0 Å². The number of halogens is 2. The van der Waals surface area contributed by atoms with E-state index in [4.69, 9.17) is 4.74 Å². The number of para-hydroxylation sites is 2. The molecule has 142 valence electrons. The zero-order valence-corrected chi connectivity index (χ0v) is 14.9. The second kappa shape index (κ2) is 5.78. The molecule has 1 aromatic heterocycles. The van der Waals surface area contributed by atoms with Crippen molar-refractivity contribution in [2.45, 2.75) is 43.6 Å². The van der Waals surface area contributed by atoms with Crippen molar-refractivity contribution >= 4 is 5.91 Å². The molecule has 5 nitrogen and oxygen atoms in total. The summed E-state index contributed by atoms with van der Waals surface area (Å²) in [4.78, 5) is 18.7. The van der Waals surface area contributed by atoms with Gasteiger partial charge in [0, 0.05) is 63.5 Å². The number of carbonyl (C=O) groups is 1. The Kier molecular flexibility index (Phi) is 3.58. The van der Waals surface area contributed by atoms with Crippen LogP contribution in [-0.2, 0) is 11.2 Å². The summed E-state index contributed by atoms with van der Waals surface area (Å²) in [6.07, 6.45) is 5.11. The fourth-order valence-electron chi connectivity index (χ4n) is 4.49. The summed E-state index contributed by atoms with van der Waals surface area (Å²) < 4.78 is 34.7. The van der Waals surface area contributed by atoms with Crippen LogP contribution in [0, 0.1) is 5.92 Å². The first kappa shape index (κ1) is 16.7. The predicted molar refractivity (Wildman–Crippen MR) is 94.1 cm³/mol. The molecule has 1 spiro atoms. The number of piperidine rings is 1. The van der Waals surface area contributed by atoms with Gasteiger partial charge in [0.2, 0.25) is 11.8 Å². The first-order valence-electron chi connectivity index (χ1n) is 9.42. The maximum absolute atomic E-state index is 13.1. The van der Waals surface area contributed by atoms with Gasteiger partial charge in [-0.25, -0.2) is 13.8 Å². The zero-order chi connectivity index (χ0) is 18.6. The number of hydrogen-bond donors (Lipinski definition) is 0. The fourth-order valence-corrected chi connectivity index (χ4v) is 4.49. The Labute approximate surface area is 155 Å². The molecule has 2 aromatic rings. The highest BCUT2D eigenvalue weighted by Gasteiger charge is 2.51. The smallest absolute Gasteiger partial charge is 0.249 e. The minimum absolute atomic E-state index is 0.133. The van der Waals surface area contributed by atoms with E-state index in [9.17, 15) is 13.6 Å². The number of fused-ring (bicyclic) bond motifs is 3. The number of rotatable bonds is 1. The Morgan fingerprint density at radius 1 is 1.19 bits per heavy atom. The molecule has 0 radical (unpaired) electrons. The van der Waals surface area contributed by atoms with Gasteiger partial charge in [-0.1, -0.05) is 12.1 Å². The van der Waals surface area contributed by atoms with Gasteiger partial charge in [-0.2, -0.15) is 0 Å². The number of hydrogen-bond acceptors (Lipinski definition) is 3. The van der Waals surface area contributed by atoms with Crippen LogP contribution in [0.5, 0.6) is 5.75 Å². The normalized spacial score (nSPS) is 23.0. The van der Waals surface area contributed by atoms with Gasteiger partial charge in [-0.15, -0.1) is 0 Å². The first-order chi connectivity index (χ1) is 12.9. The van der Waals surface area contributed by atoms with Crippen LogP contribution in [0.1, 0.15) is 31.5 Å². The van der Waals surface area contributed by atoms with Crippen LogP contribution in [0.15, 0.2) is 36.7 Å². The lowest BCUT2D eigenvalue weighted by Gasteiger charge is -2.43. The Morgan fingerprint density at radius 2 is 1.93 bits per heavy atom. The largest absolute Gasteiger partial charge is 0.484 e. The number of amides is 1. The average Bonchev–Trinajstić information content (AvgIpc) is 3.03. The summed E-state index contributed by atoms with van der Waals surface area (Å²) >= 11 is 0. The first-order valence-corrected chi connectivity index (χ1v) is 9.42. The molecule has 3 aliphatic rings. The molecule has 3 heterocycles. The molecular formula is C20H21F2N3O2. The molecule has 2 fully saturated rings. The molecule has 7 heteroatoms. The zero-order valence-electron chi connectivity index (χ0n) is 14.9. The Bertz CT molecular complexity index is 879. The van der Waals surface area contributed by atoms with Gasteiger partial charge >= 0.3 is 0 Å². The molecule has 2 aliphatic heterocycles. The van der Waals surface area contributed by atoms with Crippen LogP contribution in [0.3, 0.4) is 0 Å². The standard InChI is InChI=1S/C20H21F2N3O2/c21-20(22)11-14(12-20)18(26)24-8-5-19(6-9-24)13-17-23-7-10-25(17)15-3-1-2-4-16(15)27-19/h1-4,7,10,14H,5-6,8-9,11-13H2. The predicted octanol–water partition coefficient (Wildman–Crippen LogP) is 3.21. The highest BCUT2D eigenvalue weighted by Crippen LogP contribution is 2.44. The van der Waals surface area contributed by atoms with Crippen molar-refractivity contribution in [3.63, 3.8) is 0 Å². The maximum Gasteiger partial charge on any atom is 0.249 e. The number of imidazole rings is 1. The van der Waals surface area contributed by atoms with E-state index < -0.39 is 17.4 Å². The fraction of sp³-hybridized carbons (Fsp3) is 0.500. The van der Waals surface area contributed by atoms with Crippen molar-refractivity contribution in [3.05, 3.63) is 42.5 Å². The van der Waals surface area contributed by atoms with Crippen molar-refractivity contribution in [1.82, 2.24) is 14.5 Å². The maximum atomic E-state index is 13.1. The van der Waals surface area contributed by atoms with Gasteiger partial charge in [0.15, 0.2) is 0 Å². The highest BCUT2D eigenvalue weighted by atomic mass is 19.3. The molecule has 1 saturated carbocycles. The molecule has 1 amide bonds. The van der Waals surface area contributed by atoms with Gasteiger partial charge in [-0.3, -0.25) is 4.79 Å². The molecule has 0 atom stereocenters. The number of alkyl halides is 2. The monoisotopic (exact) mass is 373 g/mol. The summed E-state index contributed by atoms with van der Waals surface area (Å²) in [5.41, 5.74) is 0.549. The summed E-state index contributed by atoms with van der Waals surface area (Å²) in [7, 11) is 0. The van der Waals surface area contributed by atoms with Crippen LogP contribution >= 0.6 is 0 Å². The third-order valence-electron chi connectivity index (χ3n) is 6.07. The van der Waals surface area contributed by atoms with E-state index in [1.807, 2.05) is 30.5 Å². The molecule has 27 heavy (non-hydrogen) atoms. The third-order valence-corrected chi connectivity index (χ3v) is 6.07. The van der Waals surface area contributed by atoms with Gasteiger partial charge in [-0.05, 0) is 12.1 Å². The SMILES string of the molecule is O=C(C1CC(F)(F)C1)N1CCC2(CC1)Cc1nccn1-c1ccccc1O2. The molecule has 0 bridgehead atoms. The lowest BCUT2D eigenvalue weighted by molar-refractivity contribution is -0.162. The Morgan fingerprint density at radius 3 is 2.67 bits per heavy atom. The molecule has 1 aliphatic carbocycles. The highest BCUT2D eigenvalue weighted by molar-refractivity contribution is 5.80. The second-order valence-electron chi connectivity index (χ2n) is 7.93. The molecule has 1 saturated heterocycles. The molecule has 5 rings (SSSR count). The van der Waals surface area contributed by atoms with E-state index in [2.05, 4.69) is 9.55 Å². The minimum Gasteiger partial charge on any atom is -0.484 e. The molecular weight excluding hydrogens is 352 g/mol. The number of ether oxygens (including phenoxy) is 1. The molecule has 0 unspecified atom stereocenters. The van der Waals surface area contributed by atoms with Gasteiger partial charge in [0.1, 0.15) is 17.2 Å². The quantitative estimate of drug-likeness (QED) is 0.771. The lowest BCUT2D eigenvalue weighted by Crippen LogP contribution is -2.54. The number of likely N-dealkylation sites (tertiary alicyclic amines) is 1. The summed E-state index contributed by atoms with van der Waals surface area (Å²) in [5, 5.41) is 0. The van der Waals surface area contributed by atoms with Gasteiger partial charge < -0.3 is 14.2 Å². The molecule has 0 N–H and O–H groups in total. The van der Waals surface area contributed by atoms with Crippen molar-refractivity contribution in [3.8, 4) is 11.4 Å². The second-order valence-corrected chi connectivity index (χ2v) is 7.93. The van der Waals surface area contributed by atoms with E-state index >= 15 is 0 Å². The molecule has 1 aromatic carbocycles. The van der Waals surface area contributed by atoms with Crippen LogP contribution in [0.4, 0.5) is 8.78 Å². The van der Waals surface area contributed by atoms with Crippen molar-refractivity contribution in [2.75, 3.05) is 13.1 Å². The average molecular weight is 373 g/mol. The van der Waals surface area contributed by atoms with Gasteiger partial charge in [0.25, 0.3) is 0 Å². The number of benzene rings is 1. The minimum atomic E-state index is -2.66. The van der Waals surface area contributed by atoms with E-state index in [-0.39, 0.29) is 18.7 Å². The van der Waals surface area contributed by atoms with Crippen LogP contribution < -0.4 is 4.74 Å². The summed E-state index contributed by atoms with van der Waals surface area (Å²) in [6, 6.07) is 7.89. The topological polar surface area (TPSA) is 47.4 Å². The third kappa shape index (κ3) is 2.80. The Hall–Kier alpha value is -2.44. The number of aromatic nitrogens is 2. The Balaban J connectivity index is 1.35. The van der Waals surface area contributed by atoms with Crippen LogP contribution in [0.2, 0.25) is 0 Å². The summed E-state index contributed by atoms with van der Waals surface area (Å²) in [5.74, 6) is -1.57. The van der Waals surface area contributed by atoms with Gasteiger partial charge in [0.05, 0.1) is 5.69 Å². The van der Waals surface area contributed by atoms with E-state index in [0.717, 1.165) is 17.3 Å². The van der Waals surface area contributed by atoms with Crippen molar-refractivity contribution < 1.29 is 18.3 Å². The van der Waals surface area contributed by atoms with Crippen molar-refractivity contribution in [2.24, 2.45) is 5.92 Å².